The minimum Gasteiger partial charge on any atom is -0.497 e. The maximum Gasteiger partial charge on any atom is 0.227 e. The third-order valence-corrected chi connectivity index (χ3v) is 5.56. The Kier molecular flexibility index (Phi) is 6.95. The van der Waals surface area contributed by atoms with Gasteiger partial charge in [0.2, 0.25) is 5.91 Å². The number of rotatable bonds is 8. The summed E-state index contributed by atoms with van der Waals surface area (Å²) in [6.07, 6.45) is 0. The maximum absolute atomic E-state index is 12.9. The van der Waals surface area contributed by atoms with E-state index in [-0.39, 0.29) is 17.9 Å². The number of benzene rings is 3. The van der Waals surface area contributed by atoms with E-state index >= 15 is 0 Å². The van der Waals surface area contributed by atoms with Gasteiger partial charge in [-0.1, -0.05) is 36.4 Å². The zero-order valence-electron chi connectivity index (χ0n) is 18.3. The van der Waals surface area contributed by atoms with Gasteiger partial charge in [-0.3, -0.25) is 4.79 Å². The lowest BCUT2D eigenvalue weighted by Crippen LogP contribution is -2.36. The molecule has 0 aromatic heterocycles. The van der Waals surface area contributed by atoms with Crippen molar-refractivity contribution in [1.29, 1.82) is 0 Å². The molecule has 30 heavy (non-hydrogen) atoms. The summed E-state index contributed by atoms with van der Waals surface area (Å²) < 4.78 is 10.5. The van der Waals surface area contributed by atoms with Gasteiger partial charge in [0.1, 0.15) is 11.5 Å². The van der Waals surface area contributed by atoms with Gasteiger partial charge in [0.25, 0.3) is 0 Å². The molecule has 1 amide bonds. The van der Waals surface area contributed by atoms with Crippen LogP contribution >= 0.6 is 0 Å². The van der Waals surface area contributed by atoms with Crippen molar-refractivity contribution in [2.75, 3.05) is 34.9 Å². The highest BCUT2D eigenvalue weighted by Gasteiger charge is 2.19. The van der Waals surface area contributed by atoms with Crippen LogP contribution in [0, 0.1) is 0 Å². The molecular formula is C25H30N2O3. The van der Waals surface area contributed by atoms with Crippen LogP contribution in [-0.2, 0) is 4.79 Å². The Balaban J connectivity index is 1.69. The van der Waals surface area contributed by atoms with E-state index in [1.54, 1.807) is 14.2 Å². The van der Waals surface area contributed by atoms with Crippen molar-refractivity contribution in [3.8, 4) is 11.5 Å². The van der Waals surface area contributed by atoms with Crippen molar-refractivity contribution in [1.82, 2.24) is 10.2 Å². The summed E-state index contributed by atoms with van der Waals surface area (Å²) in [5, 5.41) is 5.31. The first-order chi connectivity index (χ1) is 14.4. The molecule has 3 aromatic rings. The molecule has 0 fully saturated rings. The first-order valence-electron chi connectivity index (χ1n) is 10.1. The number of amides is 1. The zero-order chi connectivity index (χ0) is 21.7. The lowest BCUT2D eigenvalue weighted by Gasteiger charge is -2.26. The molecule has 5 nitrogen and oxygen atoms in total. The first kappa shape index (κ1) is 21.7. The second kappa shape index (κ2) is 9.63. The number of carbonyl (C=O) groups excluding carboxylic acids is 1. The quantitative estimate of drug-likeness (QED) is 0.603. The number of carbonyl (C=O) groups is 1. The summed E-state index contributed by atoms with van der Waals surface area (Å²) in [4.78, 5) is 15.0. The Morgan fingerprint density at radius 1 is 0.867 bits per heavy atom. The molecule has 3 aromatic carbocycles. The zero-order valence-corrected chi connectivity index (χ0v) is 18.3. The molecule has 2 atom stereocenters. The van der Waals surface area contributed by atoms with Crippen LogP contribution in [0.4, 0.5) is 0 Å². The van der Waals surface area contributed by atoms with Crippen LogP contribution in [-0.4, -0.2) is 45.7 Å². The number of nitrogens with one attached hydrogen (secondary N) is 1. The Morgan fingerprint density at radius 3 is 2.07 bits per heavy atom. The number of ether oxygens (including phenoxy) is 2. The molecule has 0 spiro atoms. The van der Waals surface area contributed by atoms with E-state index in [2.05, 4.69) is 16.3 Å². The Labute approximate surface area is 178 Å². The maximum atomic E-state index is 12.9. The molecule has 0 saturated heterocycles. The van der Waals surface area contributed by atoms with E-state index in [4.69, 9.17) is 9.47 Å². The lowest BCUT2D eigenvalue weighted by atomic mass is 9.96. The minimum absolute atomic E-state index is 0.0169. The normalized spacial score (nSPS) is 13.1. The third-order valence-electron chi connectivity index (χ3n) is 5.56. The van der Waals surface area contributed by atoms with Crippen molar-refractivity contribution in [3.63, 3.8) is 0 Å². The fourth-order valence-electron chi connectivity index (χ4n) is 3.56. The number of hydrogen-bond acceptors (Lipinski definition) is 4. The summed E-state index contributed by atoms with van der Waals surface area (Å²) in [6.45, 7) is 2.48. The van der Waals surface area contributed by atoms with Crippen LogP contribution in [0.3, 0.4) is 0 Å². The largest absolute Gasteiger partial charge is 0.497 e. The van der Waals surface area contributed by atoms with Crippen LogP contribution < -0.4 is 14.8 Å². The molecule has 158 valence electrons. The predicted molar refractivity (Wildman–Crippen MR) is 121 cm³/mol. The van der Waals surface area contributed by atoms with E-state index < -0.39 is 0 Å². The molecule has 0 aliphatic rings. The van der Waals surface area contributed by atoms with Crippen molar-refractivity contribution in [2.24, 2.45) is 0 Å². The molecule has 0 aliphatic carbocycles. The summed E-state index contributed by atoms with van der Waals surface area (Å²) >= 11 is 0. The first-order valence-corrected chi connectivity index (χ1v) is 10.1. The second-order valence-corrected chi connectivity index (χ2v) is 7.69. The summed E-state index contributed by atoms with van der Waals surface area (Å²) in [7, 11) is 7.35. The third kappa shape index (κ3) is 4.92. The van der Waals surface area contributed by atoms with Gasteiger partial charge in [0, 0.05) is 6.54 Å². The van der Waals surface area contributed by atoms with Gasteiger partial charge < -0.3 is 19.7 Å². The summed E-state index contributed by atoms with van der Waals surface area (Å²) in [5.41, 5.74) is 2.13. The standard InChI is InChI=1S/C25H30N2O3/c1-17(19-6-7-21-15-23(30-5)13-10-20(21)14-19)25(28)26-16-24(27(2)3)18-8-11-22(29-4)12-9-18/h6-15,17,24H,16H2,1-5H3,(H,26,28)/t17-,24-/m0/s1. The average molecular weight is 407 g/mol. The second-order valence-electron chi connectivity index (χ2n) is 7.69. The highest BCUT2D eigenvalue weighted by molar-refractivity contribution is 5.88. The van der Waals surface area contributed by atoms with Gasteiger partial charge in [0.15, 0.2) is 0 Å². The topological polar surface area (TPSA) is 50.8 Å². The summed E-state index contributed by atoms with van der Waals surface area (Å²) in [6, 6.07) is 20.1. The molecule has 5 heteroatoms. The Morgan fingerprint density at radius 2 is 1.43 bits per heavy atom. The molecule has 0 aliphatic heterocycles. The molecule has 0 saturated carbocycles. The molecule has 0 bridgehead atoms. The lowest BCUT2D eigenvalue weighted by molar-refractivity contribution is -0.122. The van der Waals surface area contributed by atoms with Gasteiger partial charge in [-0.2, -0.15) is 0 Å². The van der Waals surface area contributed by atoms with Crippen molar-refractivity contribution in [2.45, 2.75) is 18.9 Å². The van der Waals surface area contributed by atoms with Gasteiger partial charge >= 0.3 is 0 Å². The van der Waals surface area contributed by atoms with Crippen LogP contribution in [0.1, 0.15) is 30.0 Å². The van der Waals surface area contributed by atoms with Crippen molar-refractivity contribution in [3.05, 3.63) is 71.8 Å². The monoisotopic (exact) mass is 406 g/mol. The number of fused-ring (bicyclic) bond motifs is 1. The molecule has 0 unspecified atom stereocenters. The highest BCUT2D eigenvalue weighted by Crippen LogP contribution is 2.26. The fourth-order valence-corrected chi connectivity index (χ4v) is 3.56. The van der Waals surface area contributed by atoms with E-state index in [1.165, 1.54) is 0 Å². The number of likely N-dealkylation sites (N-methyl/N-ethyl adjacent to an activating group) is 1. The fraction of sp³-hybridized carbons (Fsp3) is 0.320. The van der Waals surface area contributed by atoms with Crippen molar-refractivity contribution >= 4 is 16.7 Å². The Bertz CT molecular complexity index is 999. The van der Waals surface area contributed by atoms with Crippen molar-refractivity contribution < 1.29 is 14.3 Å². The summed E-state index contributed by atoms with van der Waals surface area (Å²) in [5.74, 6) is 1.43. The minimum atomic E-state index is -0.241. The molecule has 0 heterocycles. The van der Waals surface area contributed by atoms with E-state index in [9.17, 15) is 4.79 Å². The van der Waals surface area contributed by atoms with E-state index in [0.29, 0.717) is 6.54 Å². The molecular weight excluding hydrogens is 376 g/mol. The van der Waals surface area contributed by atoms with Gasteiger partial charge in [0.05, 0.1) is 26.2 Å². The number of methoxy groups -OCH3 is 2. The highest BCUT2D eigenvalue weighted by atomic mass is 16.5. The van der Waals surface area contributed by atoms with Crippen LogP contribution in [0.15, 0.2) is 60.7 Å². The molecule has 0 radical (unpaired) electrons. The van der Waals surface area contributed by atoms with E-state index in [1.807, 2.05) is 75.6 Å². The van der Waals surface area contributed by atoms with Gasteiger partial charge in [-0.25, -0.2) is 0 Å². The number of nitrogens with zero attached hydrogens (tertiary/aromatic N) is 1. The van der Waals surface area contributed by atoms with Gasteiger partial charge in [-0.15, -0.1) is 0 Å². The molecule has 3 rings (SSSR count). The number of hydrogen-bond donors (Lipinski definition) is 1. The SMILES string of the molecule is COc1ccc([C@H](CNC(=O)[C@@H](C)c2ccc3cc(OC)ccc3c2)N(C)C)cc1. The average Bonchev–Trinajstić information content (AvgIpc) is 2.78. The van der Waals surface area contributed by atoms with Crippen LogP contribution in [0.2, 0.25) is 0 Å². The van der Waals surface area contributed by atoms with Crippen LogP contribution in [0.5, 0.6) is 11.5 Å². The molecule has 1 N–H and O–H groups in total. The predicted octanol–water partition coefficient (Wildman–Crippen LogP) is 4.38. The Hall–Kier alpha value is -3.05. The van der Waals surface area contributed by atoms with Gasteiger partial charge in [-0.05, 0) is 67.2 Å². The smallest absolute Gasteiger partial charge is 0.227 e. The van der Waals surface area contributed by atoms with E-state index in [0.717, 1.165) is 33.4 Å². The van der Waals surface area contributed by atoms with Crippen LogP contribution in [0.25, 0.3) is 10.8 Å².